The van der Waals surface area contributed by atoms with Crippen LogP contribution in [-0.2, 0) is 21.9 Å². The molecule has 0 aliphatic rings. The molecule has 0 fully saturated rings. The van der Waals surface area contributed by atoms with Gasteiger partial charge in [0.05, 0.1) is 12.9 Å². The zero-order valence-electron chi connectivity index (χ0n) is 18.3. The van der Waals surface area contributed by atoms with Crippen molar-refractivity contribution in [3.63, 3.8) is 0 Å². The van der Waals surface area contributed by atoms with Crippen LogP contribution in [0.4, 0.5) is 0 Å². The number of likely N-dealkylation sites (N-methyl/N-ethyl adjacent to an activating group) is 1. The molecule has 0 saturated heterocycles. The maximum Gasteiger partial charge on any atom is 0.242 e. The van der Waals surface area contributed by atoms with Crippen LogP contribution < -0.4 is 10.1 Å². The number of hydrogen-bond donors (Lipinski definition) is 1. The van der Waals surface area contributed by atoms with Crippen LogP contribution in [-0.4, -0.2) is 42.2 Å². The predicted molar refractivity (Wildman–Crippen MR) is 124 cm³/mol. The van der Waals surface area contributed by atoms with E-state index < -0.39 is 6.04 Å². The SMILES string of the molecule is CCNC(=O)[C@H](CC)N(Cc1cccc(C)c1)C(=O)CSCc1ccc(OC)cc1. The Morgan fingerprint density at radius 1 is 1.10 bits per heavy atom. The first-order valence-electron chi connectivity index (χ1n) is 10.3. The average Bonchev–Trinajstić information content (AvgIpc) is 2.74. The number of carbonyl (C=O) groups excluding carboxylic acids is 2. The fraction of sp³-hybridized carbons (Fsp3) is 0.417. The average molecular weight is 429 g/mol. The van der Waals surface area contributed by atoms with Gasteiger partial charge in [0.1, 0.15) is 11.8 Å². The number of carbonyl (C=O) groups is 2. The lowest BCUT2D eigenvalue weighted by Crippen LogP contribution is -2.49. The van der Waals surface area contributed by atoms with E-state index in [1.807, 2.05) is 63.2 Å². The molecule has 0 aliphatic carbocycles. The Bertz CT molecular complexity index is 823. The summed E-state index contributed by atoms with van der Waals surface area (Å²) in [5, 5.41) is 2.87. The maximum absolute atomic E-state index is 13.1. The Hall–Kier alpha value is -2.47. The number of hydrogen-bond acceptors (Lipinski definition) is 4. The number of amides is 2. The van der Waals surface area contributed by atoms with Crippen LogP contribution in [0.5, 0.6) is 5.75 Å². The first-order valence-corrected chi connectivity index (χ1v) is 11.5. The van der Waals surface area contributed by atoms with Gasteiger partial charge in [0.25, 0.3) is 0 Å². The van der Waals surface area contributed by atoms with Crippen LogP contribution in [0.1, 0.15) is 37.0 Å². The van der Waals surface area contributed by atoms with E-state index in [4.69, 9.17) is 4.74 Å². The molecule has 0 aromatic heterocycles. The molecular formula is C24H32N2O3S. The third kappa shape index (κ3) is 7.10. The van der Waals surface area contributed by atoms with Crippen molar-refractivity contribution in [3.8, 4) is 5.75 Å². The number of thioether (sulfide) groups is 1. The molecule has 0 saturated carbocycles. The van der Waals surface area contributed by atoms with Crippen LogP contribution in [0, 0.1) is 6.92 Å². The highest BCUT2D eigenvalue weighted by atomic mass is 32.2. The highest BCUT2D eigenvalue weighted by molar-refractivity contribution is 7.99. The first-order chi connectivity index (χ1) is 14.5. The van der Waals surface area contributed by atoms with Crippen molar-refractivity contribution < 1.29 is 14.3 Å². The molecule has 0 unspecified atom stereocenters. The quantitative estimate of drug-likeness (QED) is 0.583. The Balaban J connectivity index is 2.08. The fourth-order valence-electron chi connectivity index (χ4n) is 3.28. The third-order valence-corrected chi connectivity index (χ3v) is 5.81. The minimum atomic E-state index is -0.473. The molecule has 2 aromatic carbocycles. The molecule has 1 N–H and O–H groups in total. The summed E-state index contributed by atoms with van der Waals surface area (Å²) in [5.74, 6) is 1.76. The molecule has 0 aliphatic heterocycles. The summed E-state index contributed by atoms with van der Waals surface area (Å²) in [4.78, 5) is 27.5. The normalized spacial score (nSPS) is 11.6. The molecule has 0 radical (unpaired) electrons. The molecule has 2 amide bonds. The smallest absolute Gasteiger partial charge is 0.242 e. The Morgan fingerprint density at radius 2 is 1.83 bits per heavy atom. The summed E-state index contributed by atoms with van der Waals surface area (Å²) in [5.41, 5.74) is 3.31. The summed E-state index contributed by atoms with van der Waals surface area (Å²) in [6.45, 7) is 6.84. The summed E-state index contributed by atoms with van der Waals surface area (Å²) >= 11 is 1.56. The lowest BCUT2D eigenvalue weighted by molar-refractivity contribution is -0.139. The van der Waals surface area contributed by atoms with E-state index in [0.717, 1.165) is 28.2 Å². The fourth-order valence-corrected chi connectivity index (χ4v) is 4.15. The Labute approximate surface area is 184 Å². The van der Waals surface area contributed by atoms with Crippen molar-refractivity contribution in [3.05, 3.63) is 65.2 Å². The monoisotopic (exact) mass is 428 g/mol. The molecule has 30 heavy (non-hydrogen) atoms. The van der Waals surface area contributed by atoms with Crippen LogP contribution in [0.25, 0.3) is 0 Å². The van der Waals surface area contributed by atoms with Crippen LogP contribution in [0.15, 0.2) is 48.5 Å². The van der Waals surface area contributed by atoms with Gasteiger partial charge in [-0.2, -0.15) is 0 Å². The van der Waals surface area contributed by atoms with E-state index in [0.29, 0.717) is 25.3 Å². The molecule has 162 valence electrons. The molecular weight excluding hydrogens is 396 g/mol. The highest BCUT2D eigenvalue weighted by Gasteiger charge is 2.28. The minimum Gasteiger partial charge on any atom is -0.497 e. The third-order valence-electron chi connectivity index (χ3n) is 4.83. The van der Waals surface area contributed by atoms with Gasteiger partial charge < -0.3 is 15.0 Å². The van der Waals surface area contributed by atoms with E-state index in [9.17, 15) is 9.59 Å². The van der Waals surface area contributed by atoms with Gasteiger partial charge in [0.2, 0.25) is 11.8 Å². The van der Waals surface area contributed by atoms with E-state index in [1.165, 1.54) is 0 Å². The predicted octanol–water partition coefficient (Wildman–Crippen LogP) is 4.18. The Morgan fingerprint density at radius 3 is 2.43 bits per heavy atom. The number of rotatable bonds is 11. The minimum absolute atomic E-state index is 0.0203. The zero-order valence-corrected chi connectivity index (χ0v) is 19.1. The van der Waals surface area contributed by atoms with Gasteiger partial charge in [-0.1, -0.05) is 48.9 Å². The second kappa shape index (κ2) is 12.3. The standard InChI is InChI=1S/C24H32N2O3S/c1-5-22(24(28)25-6-2)26(15-20-9-7-8-18(3)14-20)23(27)17-30-16-19-10-12-21(29-4)13-11-19/h7-14,22H,5-6,15-17H2,1-4H3,(H,25,28)/t22-/m0/s1. The molecule has 6 heteroatoms. The second-order valence-corrected chi connectivity index (χ2v) is 8.16. The van der Waals surface area contributed by atoms with E-state index in [-0.39, 0.29) is 11.8 Å². The van der Waals surface area contributed by atoms with E-state index >= 15 is 0 Å². The highest BCUT2D eigenvalue weighted by Crippen LogP contribution is 2.19. The van der Waals surface area contributed by atoms with Crippen molar-refractivity contribution in [2.24, 2.45) is 0 Å². The Kier molecular flexibility index (Phi) is 9.74. The van der Waals surface area contributed by atoms with Gasteiger partial charge in [0.15, 0.2) is 0 Å². The number of benzene rings is 2. The summed E-state index contributed by atoms with van der Waals surface area (Å²) in [6, 6.07) is 15.5. The maximum atomic E-state index is 13.1. The van der Waals surface area contributed by atoms with E-state index in [2.05, 4.69) is 11.4 Å². The molecule has 0 bridgehead atoms. The molecule has 2 aromatic rings. The molecule has 2 rings (SSSR count). The summed E-state index contributed by atoms with van der Waals surface area (Å²) < 4.78 is 5.18. The number of methoxy groups -OCH3 is 1. The molecule has 0 spiro atoms. The largest absolute Gasteiger partial charge is 0.497 e. The number of nitrogens with zero attached hydrogens (tertiary/aromatic N) is 1. The van der Waals surface area contributed by atoms with Crippen molar-refractivity contribution in [2.75, 3.05) is 19.4 Å². The van der Waals surface area contributed by atoms with Crippen LogP contribution in [0.2, 0.25) is 0 Å². The van der Waals surface area contributed by atoms with Crippen LogP contribution in [0.3, 0.4) is 0 Å². The van der Waals surface area contributed by atoms with Gasteiger partial charge in [-0.3, -0.25) is 9.59 Å². The summed E-state index contributed by atoms with van der Waals surface area (Å²) in [6.07, 6.45) is 0.576. The first kappa shape index (κ1) is 23.8. The molecule has 1 atom stereocenters. The molecule has 0 heterocycles. The second-order valence-electron chi connectivity index (χ2n) is 7.17. The zero-order chi connectivity index (χ0) is 21.9. The van der Waals surface area contributed by atoms with E-state index in [1.54, 1.807) is 23.8 Å². The van der Waals surface area contributed by atoms with Crippen molar-refractivity contribution in [2.45, 2.75) is 45.5 Å². The molecule has 5 nitrogen and oxygen atoms in total. The van der Waals surface area contributed by atoms with Crippen LogP contribution >= 0.6 is 11.8 Å². The van der Waals surface area contributed by atoms with Crippen molar-refractivity contribution >= 4 is 23.6 Å². The summed E-state index contributed by atoms with van der Waals surface area (Å²) in [7, 11) is 1.64. The lowest BCUT2D eigenvalue weighted by atomic mass is 10.1. The van der Waals surface area contributed by atoms with Gasteiger partial charge in [0, 0.05) is 18.8 Å². The van der Waals surface area contributed by atoms with Crippen molar-refractivity contribution in [1.82, 2.24) is 10.2 Å². The topological polar surface area (TPSA) is 58.6 Å². The van der Waals surface area contributed by atoms with Gasteiger partial charge in [-0.25, -0.2) is 0 Å². The number of nitrogens with one attached hydrogen (secondary N) is 1. The lowest BCUT2D eigenvalue weighted by Gasteiger charge is -2.30. The number of aryl methyl sites for hydroxylation is 1. The number of ether oxygens (including phenoxy) is 1. The van der Waals surface area contributed by atoms with Gasteiger partial charge in [-0.05, 0) is 43.5 Å². The van der Waals surface area contributed by atoms with Gasteiger partial charge in [-0.15, -0.1) is 11.8 Å². The van der Waals surface area contributed by atoms with Gasteiger partial charge >= 0.3 is 0 Å². The van der Waals surface area contributed by atoms with Crippen molar-refractivity contribution in [1.29, 1.82) is 0 Å².